The van der Waals surface area contributed by atoms with Crippen LogP contribution >= 0.6 is 11.6 Å². The first-order valence-corrected chi connectivity index (χ1v) is 6.28. The van der Waals surface area contributed by atoms with Crippen molar-refractivity contribution in [1.29, 1.82) is 0 Å². The molecule has 0 fully saturated rings. The van der Waals surface area contributed by atoms with Crippen molar-refractivity contribution in [1.82, 2.24) is 0 Å². The number of halogens is 1. The highest BCUT2D eigenvalue weighted by molar-refractivity contribution is 6.63. The van der Waals surface area contributed by atoms with Gasteiger partial charge in [-0.2, -0.15) is 0 Å². The number of hydrogen-bond donors (Lipinski definition) is 0. The van der Waals surface area contributed by atoms with Gasteiger partial charge in [0.1, 0.15) is 5.76 Å². The molecule has 0 aromatic carbocycles. The van der Waals surface area contributed by atoms with Crippen LogP contribution in [0.15, 0.2) is 24.0 Å². The molecule has 0 spiro atoms. The van der Waals surface area contributed by atoms with Gasteiger partial charge in [0.25, 0.3) is 0 Å². The lowest BCUT2D eigenvalue weighted by Gasteiger charge is -2.30. The van der Waals surface area contributed by atoms with Crippen molar-refractivity contribution in [2.45, 2.75) is 31.5 Å². The summed E-state index contributed by atoms with van der Waals surface area (Å²) in [5.74, 6) is -0.834. The summed E-state index contributed by atoms with van der Waals surface area (Å²) in [5, 5.41) is -0.459. The Hall–Kier alpha value is -1.33. The second kappa shape index (κ2) is 7.31. The van der Waals surface area contributed by atoms with Crippen LogP contribution in [0.1, 0.15) is 25.7 Å². The Morgan fingerprint density at radius 1 is 1.37 bits per heavy atom. The molecule has 0 aromatic heterocycles. The fourth-order valence-electron chi connectivity index (χ4n) is 1.62. The smallest absolute Gasteiger partial charge is 0.308 e. The predicted octanol–water partition coefficient (Wildman–Crippen LogP) is 2.30. The molecule has 1 aliphatic carbocycles. The monoisotopic (exact) mass is 288 g/mol. The van der Waals surface area contributed by atoms with E-state index in [9.17, 15) is 9.59 Å². The van der Waals surface area contributed by atoms with E-state index in [2.05, 4.69) is 0 Å². The maximum absolute atomic E-state index is 11.7. The fourth-order valence-corrected chi connectivity index (χ4v) is 1.76. The van der Waals surface area contributed by atoms with Crippen molar-refractivity contribution in [3.8, 4) is 0 Å². The second-order valence-electron chi connectivity index (χ2n) is 4.05. The summed E-state index contributed by atoms with van der Waals surface area (Å²) in [6, 6.07) is 0. The maximum atomic E-state index is 11.7. The summed E-state index contributed by atoms with van der Waals surface area (Å²) in [7, 11) is 3.02. The molecule has 0 aromatic rings. The Labute approximate surface area is 117 Å². The highest BCUT2D eigenvalue weighted by atomic mass is 35.5. The van der Waals surface area contributed by atoms with Gasteiger partial charge < -0.3 is 14.2 Å². The molecule has 1 unspecified atom stereocenters. The van der Waals surface area contributed by atoms with Crippen LogP contribution in [0.5, 0.6) is 0 Å². The van der Waals surface area contributed by atoms with Crippen LogP contribution in [-0.2, 0) is 23.8 Å². The molecule has 1 aliphatic rings. The third kappa shape index (κ3) is 5.04. The molecule has 0 bridgehead atoms. The molecule has 0 saturated carbocycles. The number of hydrogen-bond acceptors (Lipinski definition) is 5. The molecule has 1 atom stereocenters. The lowest BCUT2D eigenvalue weighted by atomic mass is 10.1. The van der Waals surface area contributed by atoms with E-state index in [1.165, 1.54) is 7.11 Å². The van der Waals surface area contributed by atoms with Gasteiger partial charge in [-0.1, -0.05) is 0 Å². The lowest BCUT2D eigenvalue weighted by molar-refractivity contribution is -0.200. The first-order valence-electron chi connectivity index (χ1n) is 5.90. The summed E-state index contributed by atoms with van der Waals surface area (Å²) in [6.07, 6.45) is 6.11. The van der Waals surface area contributed by atoms with Crippen molar-refractivity contribution < 1.29 is 23.8 Å². The van der Waals surface area contributed by atoms with Gasteiger partial charge in [-0.05, 0) is 36.2 Å². The number of carbonyl (C=O) groups is 2. The highest BCUT2D eigenvalue weighted by Gasteiger charge is 2.32. The highest BCUT2D eigenvalue weighted by Crippen LogP contribution is 2.26. The minimum absolute atomic E-state index is 0.123. The predicted molar refractivity (Wildman–Crippen MR) is 69.4 cm³/mol. The number of esters is 1. The standard InChI is InChI=1S/C13H17ClO5/c1-17-10-6-8-13(18-2,9-7-10)19-12(16)5-3-4-11(14)15/h6-8H,3-5,9H2,1-2H3. The van der Waals surface area contributed by atoms with E-state index in [4.69, 9.17) is 25.8 Å². The molecule has 0 N–H and O–H groups in total. The lowest BCUT2D eigenvalue weighted by Crippen LogP contribution is -2.36. The molecule has 5 nitrogen and oxygen atoms in total. The van der Waals surface area contributed by atoms with E-state index >= 15 is 0 Å². The van der Waals surface area contributed by atoms with Gasteiger partial charge in [0.15, 0.2) is 0 Å². The molecule has 0 radical (unpaired) electrons. The summed E-state index contributed by atoms with van der Waals surface area (Å²) in [4.78, 5) is 22.2. The quantitative estimate of drug-likeness (QED) is 0.409. The molecule has 0 aliphatic heterocycles. The minimum Gasteiger partial charge on any atom is -0.497 e. The van der Waals surface area contributed by atoms with Crippen LogP contribution < -0.4 is 0 Å². The van der Waals surface area contributed by atoms with Crippen LogP contribution in [0.25, 0.3) is 0 Å². The number of ether oxygens (including phenoxy) is 3. The van der Waals surface area contributed by atoms with Gasteiger partial charge in [-0.3, -0.25) is 9.59 Å². The van der Waals surface area contributed by atoms with Gasteiger partial charge >= 0.3 is 5.97 Å². The summed E-state index contributed by atoms with van der Waals surface area (Å²) in [5.41, 5.74) is 0. The van der Waals surface area contributed by atoms with Crippen molar-refractivity contribution in [2.75, 3.05) is 14.2 Å². The first kappa shape index (κ1) is 15.7. The summed E-state index contributed by atoms with van der Waals surface area (Å²) >= 11 is 5.19. The fraction of sp³-hybridized carbons (Fsp3) is 0.538. The van der Waals surface area contributed by atoms with Gasteiger partial charge in [-0.25, -0.2) is 0 Å². The van der Waals surface area contributed by atoms with Crippen molar-refractivity contribution >= 4 is 22.8 Å². The van der Waals surface area contributed by atoms with E-state index in [0.29, 0.717) is 18.6 Å². The molecule has 0 heterocycles. The van der Waals surface area contributed by atoms with Gasteiger partial charge in [0.05, 0.1) is 7.11 Å². The Balaban J connectivity index is 2.49. The third-order valence-electron chi connectivity index (χ3n) is 2.71. The molecule has 6 heteroatoms. The topological polar surface area (TPSA) is 61.8 Å². The molecular formula is C13H17ClO5. The average Bonchev–Trinajstić information content (AvgIpc) is 2.39. The van der Waals surface area contributed by atoms with Gasteiger partial charge in [0, 0.05) is 26.4 Å². The van der Waals surface area contributed by atoms with Crippen LogP contribution in [0.3, 0.4) is 0 Å². The zero-order chi connectivity index (χ0) is 14.3. The SMILES string of the molecule is COC1=CCC(OC)(OC(=O)CCCC(=O)Cl)C=C1. The first-order chi connectivity index (χ1) is 9.01. The largest absolute Gasteiger partial charge is 0.497 e. The van der Waals surface area contributed by atoms with Crippen molar-refractivity contribution in [3.05, 3.63) is 24.0 Å². The second-order valence-corrected chi connectivity index (χ2v) is 4.47. The normalized spacial score (nSPS) is 21.7. The Morgan fingerprint density at radius 3 is 2.58 bits per heavy atom. The van der Waals surface area contributed by atoms with Gasteiger partial charge in [-0.15, -0.1) is 0 Å². The van der Waals surface area contributed by atoms with Crippen LogP contribution in [0, 0.1) is 0 Å². The minimum atomic E-state index is -1.09. The maximum Gasteiger partial charge on any atom is 0.308 e. The zero-order valence-electron chi connectivity index (χ0n) is 11.0. The molecule has 106 valence electrons. The van der Waals surface area contributed by atoms with Crippen LogP contribution in [0.2, 0.25) is 0 Å². The molecular weight excluding hydrogens is 272 g/mol. The van der Waals surface area contributed by atoms with E-state index < -0.39 is 17.0 Å². The Bertz CT molecular complexity index is 402. The van der Waals surface area contributed by atoms with Crippen LogP contribution in [-0.4, -0.2) is 31.2 Å². The van der Waals surface area contributed by atoms with E-state index in [-0.39, 0.29) is 12.8 Å². The molecule has 0 amide bonds. The summed E-state index contributed by atoms with van der Waals surface area (Å²) in [6.45, 7) is 0. The van der Waals surface area contributed by atoms with Crippen molar-refractivity contribution in [2.24, 2.45) is 0 Å². The number of carbonyl (C=O) groups excluding carboxylic acids is 2. The van der Waals surface area contributed by atoms with E-state index in [0.717, 1.165) is 0 Å². The number of allylic oxidation sites excluding steroid dienone is 1. The molecule has 1 rings (SSSR count). The zero-order valence-corrected chi connectivity index (χ0v) is 11.7. The van der Waals surface area contributed by atoms with Crippen molar-refractivity contribution in [3.63, 3.8) is 0 Å². The van der Waals surface area contributed by atoms with E-state index in [1.807, 2.05) is 0 Å². The summed E-state index contributed by atoms with van der Waals surface area (Å²) < 4.78 is 15.6. The number of methoxy groups -OCH3 is 2. The van der Waals surface area contributed by atoms with Crippen LogP contribution in [0.4, 0.5) is 0 Å². The average molecular weight is 289 g/mol. The Morgan fingerprint density at radius 2 is 2.11 bits per heavy atom. The molecule has 19 heavy (non-hydrogen) atoms. The third-order valence-corrected chi connectivity index (χ3v) is 2.90. The van der Waals surface area contributed by atoms with Gasteiger partial charge in [0.2, 0.25) is 11.0 Å². The Kier molecular flexibility index (Phi) is 6.05. The number of rotatable bonds is 7. The molecule has 0 saturated heterocycles. The van der Waals surface area contributed by atoms with E-state index in [1.54, 1.807) is 25.3 Å².